The van der Waals surface area contributed by atoms with Gasteiger partial charge in [-0.3, -0.25) is 4.79 Å². The van der Waals surface area contributed by atoms with Crippen molar-refractivity contribution in [3.8, 4) is 0 Å². The molecule has 1 atom stereocenters. The number of hydrogen-bond acceptors (Lipinski definition) is 2. The van der Waals surface area contributed by atoms with Crippen molar-refractivity contribution < 1.29 is 14.7 Å². The Labute approximate surface area is 77.3 Å². The van der Waals surface area contributed by atoms with E-state index in [0.29, 0.717) is 6.54 Å². The van der Waals surface area contributed by atoms with Gasteiger partial charge in [-0.05, 0) is 12.3 Å². The molecule has 0 heterocycles. The van der Waals surface area contributed by atoms with Crippen LogP contribution in [0.5, 0.6) is 0 Å². The number of carboxylic acids is 1. The van der Waals surface area contributed by atoms with Crippen molar-refractivity contribution in [1.29, 1.82) is 0 Å². The van der Waals surface area contributed by atoms with E-state index in [1.165, 1.54) is 0 Å². The van der Waals surface area contributed by atoms with Crippen molar-refractivity contribution in [2.75, 3.05) is 6.54 Å². The number of carbonyl (C=O) groups excluding carboxylic acids is 1. The fourth-order valence-corrected chi connectivity index (χ4v) is 1.18. The Morgan fingerprint density at radius 2 is 2.15 bits per heavy atom. The summed E-state index contributed by atoms with van der Waals surface area (Å²) in [6.45, 7) is 2.31. The summed E-state index contributed by atoms with van der Waals surface area (Å²) in [5, 5.41) is 10.9. The van der Waals surface area contributed by atoms with E-state index in [-0.39, 0.29) is 12.3 Å². The summed E-state index contributed by atoms with van der Waals surface area (Å²) in [6, 6.07) is -0.605. The van der Waals surface area contributed by atoms with E-state index < -0.39 is 12.0 Å². The molecule has 5 heteroatoms. The minimum Gasteiger partial charge on any atom is -0.481 e. The predicted molar refractivity (Wildman–Crippen MR) is 48.2 cm³/mol. The molecular weight excluding hydrogens is 172 g/mol. The molecule has 0 aromatic carbocycles. The van der Waals surface area contributed by atoms with E-state index in [4.69, 9.17) is 10.8 Å². The highest BCUT2D eigenvalue weighted by Crippen LogP contribution is 2.09. The molecule has 1 unspecified atom stereocenters. The Kier molecular flexibility index (Phi) is 5.67. The number of carboxylic acid groups (broad SMARTS) is 1. The lowest BCUT2D eigenvalue weighted by molar-refractivity contribution is -0.138. The number of rotatable bonds is 6. The van der Waals surface area contributed by atoms with E-state index in [9.17, 15) is 9.59 Å². The third kappa shape index (κ3) is 7.11. The van der Waals surface area contributed by atoms with Crippen molar-refractivity contribution in [2.45, 2.75) is 26.2 Å². The number of nitrogens with one attached hydrogen (secondary N) is 1. The molecule has 0 bridgehead atoms. The molecule has 0 spiro atoms. The summed E-state index contributed by atoms with van der Waals surface area (Å²) in [5.41, 5.74) is 4.87. The molecule has 4 N–H and O–H groups in total. The molecule has 0 saturated carbocycles. The van der Waals surface area contributed by atoms with Gasteiger partial charge in [0.15, 0.2) is 0 Å². The molecule has 0 aliphatic rings. The summed E-state index contributed by atoms with van der Waals surface area (Å²) in [5.74, 6) is -0.861. The Morgan fingerprint density at radius 3 is 2.54 bits per heavy atom. The van der Waals surface area contributed by atoms with Crippen molar-refractivity contribution in [3.63, 3.8) is 0 Å². The first-order chi connectivity index (χ1) is 6.06. The van der Waals surface area contributed by atoms with Crippen LogP contribution in [-0.2, 0) is 4.79 Å². The number of carbonyl (C=O) groups is 2. The van der Waals surface area contributed by atoms with Crippen LogP contribution in [-0.4, -0.2) is 23.7 Å². The van der Waals surface area contributed by atoms with Crippen LogP contribution < -0.4 is 11.1 Å². The Morgan fingerprint density at radius 1 is 1.54 bits per heavy atom. The van der Waals surface area contributed by atoms with Crippen molar-refractivity contribution in [1.82, 2.24) is 5.32 Å². The smallest absolute Gasteiger partial charge is 0.312 e. The zero-order valence-corrected chi connectivity index (χ0v) is 7.75. The van der Waals surface area contributed by atoms with E-state index in [1.54, 1.807) is 0 Å². The lowest BCUT2D eigenvalue weighted by Crippen LogP contribution is -2.34. The Hall–Kier alpha value is -1.26. The third-order valence-electron chi connectivity index (χ3n) is 1.73. The normalized spacial score (nSPS) is 12.1. The predicted octanol–water partition coefficient (Wildman–Crippen LogP) is 0.546. The zero-order chi connectivity index (χ0) is 10.3. The summed E-state index contributed by atoms with van der Waals surface area (Å²) in [7, 11) is 0. The van der Waals surface area contributed by atoms with Crippen LogP contribution in [0, 0.1) is 5.92 Å². The third-order valence-corrected chi connectivity index (χ3v) is 1.73. The average Bonchev–Trinajstić information content (AvgIpc) is 1.99. The number of urea groups is 1. The van der Waals surface area contributed by atoms with Gasteiger partial charge < -0.3 is 16.2 Å². The van der Waals surface area contributed by atoms with Crippen LogP contribution in [0.2, 0.25) is 0 Å². The van der Waals surface area contributed by atoms with Gasteiger partial charge in [0.05, 0.1) is 0 Å². The maximum absolute atomic E-state index is 10.4. The van der Waals surface area contributed by atoms with Gasteiger partial charge in [0.2, 0.25) is 0 Å². The molecule has 0 aromatic heterocycles. The number of amides is 2. The Bertz CT molecular complexity index is 182. The first kappa shape index (κ1) is 11.7. The molecule has 0 rings (SSSR count). The number of aliphatic carboxylic acids is 1. The molecule has 0 aliphatic carbocycles. The summed E-state index contributed by atoms with van der Waals surface area (Å²) in [4.78, 5) is 20.7. The molecule has 5 nitrogen and oxygen atoms in total. The molecule has 0 fully saturated rings. The van der Waals surface area contributed by atoms with Crippen LogP contribution in [0.3, 0.4) is 0 Å². The second-order valence-corrected chi connectivity index (χ2v) is 3.00. The fourth-order valence-electron chi connectivity index (χ4n) is 1.18. The van der Waals surface area contributed by atoms with Crippen molar-refractivity contribution >= 4 is 12.0 Å². The highest BCUT2D eigenvalue weighted by Gasteiger charge is 2.12. The van der Waals surface area contributed by atoms with E-state index >= 15 is 0 Å². The van der Waals surface area contributed by atoms with E-state index in [0.717, 1.165) is 12.8 Å². The van der Waals surface area contributed by atoms with Gasteiger partial charge in [-0.25, -0.2) is 4.79 Å². The van der Waals surface area contributed by atoms with E-state index in [2.05, 4.69) is 5.32 Å². The van der Waals surface area contributed by atoms with Gasteiger partial charge in [0.25, 0.3) is 0 Å². The minimum atomic E-state index is -0.843. The first-order valence-electron chi connectivity index (χ1n) is 4.31. The molecular formula is C8H16N2O3. The second-order valence-electron chi connectivity index (χ2n) is 3.00. The topological polar surface area (TPSA) is 92.4 Å². The monoisotopic (exact) mass is 188 g/mol. The van der Waals surface area contributed by atoms with Gasteiger partial charge in [-0.15, -0.1) is 0 Å². The molecule has 13 heavy (non-hydrogen) atoms. The highest BCUT2D eigenvalue weighted by atomic mass is 16.4. The summed E-state index contributed by atoms with van der Waals surface area (Å²) < 4.78 is 0. The molecule has 0 saturated heterocycles. The number of hydrogen-bond donors (Lipinski definition) is 3. The zero-order valence-electron chi connectivity index (χ0n) is 7.75. The van der Waals surface area contributed by atoms with E-state index in [1.807, 2.05) is 6.92 Å². The summed E-state index contributed by atoms with van der Waals surface area (Å²) in [6.07, 6.45) is 1.76. The van der Waals surface area contributed by atoms with Crippen LogP contribution >= 0.6 is 0 Å². The SMILES string of the molecule is CCCC(CNC(N)=O)CC(=O)O. The standard InChI is InChI=1S/C8H16N2O3/c1-2-3-6(4-7(11)12)5-10-8(9)13/h6H,2-5H2,1H3,(H,11,12)(H3,9,10,13). The highest BCUT2D eigenvalue weighted by molar-refractivity contribution is 5.71. The van der Waals surface area contributed by atoms with Crippen molar-refractivity contribution in [2.24, 2.45) is 11.7 Å². The summed E-state index contributed by atoms with van der Waals surface area (Å²) >= 11 is 0. The molecule has 0 aromatic rings. The quantitative estimate of drug-likeness (QED) is 0.568. The van der Waals surface area contributed by atoms with Crippen LogP contribution in [0.25, 0.3) is 0 Å². The minimum absolute atomic E-state index is 0.0185. The van der Waals surface area contributed by atoms with Gasteiger partial charge in [-0.2, -0.15) is 0 Å². The Balaban J connectivity index is 3.79. The maximum atomic E-state index is 10.4. The van der Waals surface area contributed by atoms with Crippen LogP contribution in [0.15, 0.2) is 0 Å². The second kappa shape index (κ2) is 6.28. The lowest BCUT2D eigenvalue weighted by Gasteiger charge is -2.13. The largest absolute Gasteiger partial charge is 0.481 e. The van der Waals surface area contributed by atoms with Gasteiger partial charge in [-0.1, -0.05) is 13.3 Å². The molecule has 0 aliphatic heterocycles. The van der Waals surface area contributed by atoms with Crippen LogP contribution in [0.4, 0.5) is 4.79 Å². The van der Waals surface area contributed by atoms with Crippen LogP contribution in [0.1, 0.15) is 26.2 Å². The van der Waals surface area contributed by atoms with Gasteiger partial charge in [0.1, 0.15) is 0 Å². The number of primary amides is 1. The molecule has 76 valence electrons. The van der Waals surface area contributed by atoms with Crippen molar-refractivity contribution in [3.05, 3.63) is 0 Å². The lowest BCUT2D eigenvalue weighted by atomic mass is 10.00. The average molecular weight is 188 g/mol. The maximum Gasteiger partial charge on any atom is 0.312 e. The number of nitrogens with two attached hydrogens (primary N) is 1. The fraction of sp³-hybridized carbons (Fsp3) is 0.750. The van der Waals surface area contributed by atoms with Gasteiger partial charge in [0, 0.05) is 13.0 Å². The first-order valence-corrected chi connectivity index (χ1v) is 4.31. The molecule has 2 amide bonds. The van der Waals surface area contributed by atoms with Gasteiger partial charge >= 0.3 is 12.0 Å². The molecule has 0 radical (unpaired) electrons.